The summed E-state index contributed by atoms with van der Waals surface area (Å²) in [6, 6.07) is 55.9. The molecule has 11 aromatic rings. The Balaban J connectivity index is 0.00000349. The quantitative estimate of drug-likeness (QED) is 0.165. The monoisotopic (exact) mass is 857 g/mol. The fourth-order valence-electron chi connectivity index (χ4n) is 7.57. The second-order valence-corrected chi connectivity index (χ2v) is 13.0. The van der Waals surface area contributed by atoms with Gasteiger partial charge in [-0.2, -0.15) is 6.07 Å². The molecule has 0 aliphatic heterocycles. The molecule has 0 N–H and O–H groups in total. The maximum Gasteiger partial charge on any atom is 2.00 e. The van der Waals surface area contributed by atoms with Gasteiger partial charge in [0.15, 0.2) is 0 Å². The normalized spacial score (nSPS) is 11.6. The van der Waals surface area contributed by atoms with E-state index in [9.17, 15) is 0 Å². The van der Waals surface area contributed by atoms with Crippen molar-refractivity contribution in [1.29, 1.82) is 0 Å². The van der Waals surface area contributed by atoms with Crippen molar-refractivity contribution < 1.29 is 21.1 Å². The molecule has 0 atom stereocenters. The molecule has 0 unspecified atom stereocenters. The minimum Gasteiger partial charge on any atom is -0.352 e. The smallest absolute Gasteiger partial charge is 0.352 e. The van der Waals surface area contributed by atoms with Crippen molar-refractivity contribution in [3.05, 3.63) is 170 Å². The molecule has 0 fully saturated rings. The predicted molar refractivity (Wildman–Crippen MR) is 210 cm³/mol. The van der Waals surface area contributed by atoms with E-state index in [-0.39, 0.29) is 21.1 Å². The van der Waals surface area contributed by atoms with Gasteiger partial charge in [0.05, 0.1) is 11.0 Å². The van der Waals surface area contributed by atoms with Crippen LogP contribution < -0.4 is 0 Å². The Hall–Kier alpha value is -6.49. The molecule has 0 saturated heterocycles. The van der Waals surface area contributed by atoms with Crippen molar-refractivity contribution in [1.82, 2.24) is 29.1 Å². The van der Waals surface area contributed by atoms with Gasteiger partial charge in [-0.15, -0.1) is 41.3 Å². The van der Waals surface area contributed by atoms with Crippen LogP contribution in [0.15, 0.2) is 158 Å². The van der Waals surface area contributed by atoms with Gasteiger partial charge in [0, 0.05) is 29.8 Å². The van der Waals surface area contributed by atoms with Gasteiger partial charge in [-0.25, -0.2) is 9.97 Å². The van der Waals surface area contributed by atoms with Gasteiger partial charge >= 0.3 is 21.1 Å². The molecule has 53 heavy (non-hydrogen) atoms. The Morgan fingerprint density at radius 2 is 1.25 bits per heavy atom. The standard InChI is InChI=1S/C46H26N6.Pt/c1-2-9-29(10-3-1)32-20-22-47-45(26-32)52-44-27-34(17-19-35(44)37-13-8-21-48-46(37)52)51-42-25-33(41-28-49-39-14-6-7-15-40(39)50-41)16-18-36(42)38-23-30-11-4-5-12-31(30)24-43(38)51;/h1-24,26,28H;/q-2;+2. The van der Waals surface area contributed by atoms with Gasteiger partial charge in [-0.05, 0) is 74.6 Å². The topological polar surface area (TPSA) is 61.4 Å². The summed E-state index contributed by atoms with van der Waals surface area (Å²) in [6.45, 7) is 0. The van der Waals surface area contributed by atoms with E-state index >= 15 is 0 Å². The van der Waals surface area contributed by atoms with E-state index < -0.39 is 0 Å². The number of fused-ring (bicyclic) bond motifs is 8. The number of para-hydroxylation sites is 2. The largest absolute Gasteiger partial charge is 2.00 e. The molecular formula is C46H26N6Pt. The summed E-state index contributed by atoms with van der Waals surface area (Å²) in [5.74, 6) is 0.783. The van der Waals surface area contributed by atoms with Crippen LogP contribution >= 0.6 is 0 Å². The summed E-state index contributed by atoms with van der Waals surface area (Å²) in [5.41, 5.74) is 10.2. The van der Waals surface area contributed by atoms with Gasteiger partial charge < -0.3 is 9.13 Å². The molecule has 6 aromatic carbocycles. The third kappa shape index (κ3) is 4.98. The molecular weight excluding hydrogens is 832 g/mol. The van der Waals surface area contributed by atoms with Gasteiger partial charge in [-0.3, -0.25) is 9.97 Å². The van der Waals surface area contributed by atoms with E-state index in [1.807, 2.05) is 61.1 Å². The number of nitrogens with zero attached hydrogens (tertiary/aromatic N) is 6. The summed E-state index contributed by atoms with van der Waals surface area (Å²) in [5, 5.41) is 6.71. The molecule has 7 heteroatoms. The fraction of sp³-hybridized carbons (Fsp3) is 0. The SMILES string of the molecule is [Pt+2].[c-]1c(-c2cnc3ccccc3n2)ccc2c3cc4ccccc4cc3n(-c3[c-]c4c(cc3)c3cccnc3n4-c3cc(-c4ccccc4)ccn3)c12. The fourth-order valence-corrected chi connectivity index (χ4v) is 7.57. The van der Waals surface area contributed by atoms with Crippen molar-refractivity contribution in [3.63, 3.8) is 0 Å². The zero-order valence-corrected chi connectivity index (χ0v) is 30.3. The molecule has 0 radical (unpaired) electrons. The Bertz CT molecular complexity index is 3200. The summed E-state index contributed by atoms with van der Waals surface area (Å²) < 4.78 is 4.40. The zero-order valence-electron chi connectivity index (χ0n) is 28.0. The van der Waals surface area contributed by atoms with Crippen molar-refractivity contribution in [2.45, 2.75) is 0 Å². The van der Waals surface area contributed by atoms with Gasteiger partial charge in [0.2, 0.25) is 0 Å². The van der Waals surface area contributed by atoms with E-state index in [4.69, 9.17) is 19.9 Å². The van der Waals surface area contributed by atoms with Crippen LogP contribution in [0.5, 0.6) is 0 Å². The third-order valence-corrected chi connectivity index (χ3v) is 10.0. The number of benzene rings is 6. The van der Waals surface area contributed by atoms with Gasteiger partial charge in [-0.1, -0.05) is 95.5 Å². The molecule has 250 valence electrons. The average molecular weight is 858 g/mol. The first kappa shape index (κ1) is 31.3. The first-order chi connectivity index (χ1) is 25.8. The van der Waals surface area contributed by atoms with Crippen LogP contribution in [0.2, 0.25) is 0 Å². The van der Waals surface area contributed by atoms with E-state index in [1.54, 1.807) is 0 Å². The first-order valence-electron chi connectivity index (χ1n) is 17.2. The number of aromatic nitrogens is 6. The average Bonchev–Trinajstić information content (AvgIpc) is 3.71. The minimum atomic E-state index is 0. The van der Waals surface area contributed by atoms with E-state index in [1.165, 1.54) is 10.8 Å². The zero-order chi connectivity index (χ0) is 34.2. The van der Waals surface area contributed by atoms with Crippen molar-refractivity contribution >= 4 is 65.5 Å². The van der Waals surface area contributed by atoms with Crippen molar-refractivity contribution in [3.8, 4) is 33.9 Å². The molecule has 11 rings (SSSR count). The Kier molecular flexibility index (Phi) is 7.27. The van der Waals surface area contributed by atoms with E-state index in [0.29, 0.717) is 0 Å². The van der Waals surface area contributed by atoms with Crippen molar-refractivity contribution in [2.24, 2.45) is 0 Å². The number of pyridine rings is 2. The first-order valence-corrected chi connectivity index (χ1v) is 17.2. The van der Waals surface area contributed by atoms with Crippen LogP contribution in [0, 0.1) is 12.1 Å². The second kappa shape index (κ2) is 12.3. The molecule has 0 aliphatic carbocycles. The Morgan fingerprint density at radius 1 is 0.491 bits per heavy atom. The molecule has 5 aromatic heterocycles. The van der Waals surface area contributed by atoms with E-state index in [2.05, 4.69) is 118 Å². The predicted octanol–water partition coefficient (Wildman–Crippen LogP) is 10.7. The van der Waals surface area contributed by atoms with Crippen LogP contribution in [0.4, 0.5) is 0 Å². The number of hydrogen-bond donors (Lipinski definition) is 0. The molecule has 0 aliphatic rings. The minimum absolute atomic E-state index is 0. The van der Waals surface area contributed by atoms with Gasteiger partial charge in [0.1, 0.15) is 11.5 Å². The van der Waals surface area contributed by atoms with Crippen LogP contribution in [-0.4, -0.2) is 29.1 Å². The van der Waals surface area contributed by atoms with Crippen LogP contribution in [0.25, 0.3) is 99.4 Å². The number of hydrogen-bond acceptors (Lipinski definition) is 4. The molecule has 0 amide bonds. The molecule has 6 nitrogen and oxygen atoms in total. The summed E-state index contributed by atoms with van der Waals surface area (Å²) in [6.07, 6.45) is 5.54. The Labute approximate surface area is 318 Å². The van der Waals surface area contributed by atoms with Crippen LogP contribution in [0.1, 0.15) is 0 Å². The maximum atomic E-state index is 4.96. The maximum absolute atomic E-state index is 4.96. The number of rotatable bonds is 4. The Morgan fingerprint density at radius 3 is 2.13 bits per heavy atom. The summed E-state index contributed by atoms with van der Waals surface area (Å²) in [7, 11) is 0. The molecule has 5 heterocycles. The van der Waals surface area contributed by atoms with Crippen LogP contribution in [-0.2, 0) is 21.1 Å². The van der Waals surface area contributed by atoms with E-state index in [0.717, 1.165) is 88.7 Å². The summed E-state index contributed by atoms with van der Waals surface area (Å²) >= 11 is 0. The molecule has 0 spiro atoms. The summed E-state index contributed by atoms with van der Waals surface area (Å²) in [4.78, 5) is 19.4. The van der Waals surface area contributed by atoms with Crippen LogP contribution in [0.3, 0.4) is 0 Å². The second-order valence-electron chi connectivity index (χ2n) is 13.0. The van der Waals surface area contributed by atoms with Crippen molar-refractivity contribution in [2.75, 3.05) is 0 Å². The molecule has 0 saturated carbocycles. The molecule has 0 bridgehead atoms. The van der Waals surface area contributed by atoms with Gasteiger partial charge in [0.25, 0.3) is 0 Å². The third-order valence-electron chi connectivity index (χ3n) is 10.0.